The van der Waals surface area contributed by atoms with Gasteiger partial charge in [0.15, 0.2) is 0 Å². The van der Waals surface area contributed by atoms with Crippen LogP contribution in [0, 0.1) is 0 Å². The standard InChI is InChI=1S/C2H6O3S.H2O/c1-5-6(2,3)4;/h1-2H3;1H2. The quantitative estimate of drug-likeness (QED) is 0.415. The number of rotatable bonds is 1. The highest BCUT2D eigenvalue weighted by atomic mass is 32.2. The van der Waals surface area contributed by atoms with E-state index in [4.69, 9.17) is 0 Å². The summed E-state index contributed by atoms with van der Waals surface area (Å²) < 4.78 is 23.5. The second kappa shape index (κ2) is 2.95. The van der Waals surface area contributed by atoms with Crippen molar-refractivity contribution in [3.63, 3.8) is 0 Å². The minimum Gasteiger partial charge on any atom is -0.412 e. The van der Waals surface area contributed by atoms with E-state index in [0.29, 0.717) is 0 Å². The van der Waals surface area contributed by atoms with Gasteiger partial charge in [-0.2, -0.15) is 8.42 Å². The van der Waals surface area contributed by atoms with E-state index < -0.39 is 10.1 Å². The molecule has 0 saturated heterocycles. The predicted octanol–water partition coefficient (Wildman–Crippen LogP) is -1.23. The molecule has 0 amide bonds. The topological polar surface area (TPSA) is 74.9 Å². The first-order valence-electron chi connectivity index (χ1n) is 1.32. The Bertz CT molecular complexity index is 112. The zero-order valence-electron chi connectivity index (χ0n) is 4.13. The van der Waals surface area contributed by atoms with E-state index in [1.165, 1.54) is 0 Å². The van der Waals surface area contributed by atoms with E-state index in [-0.39, 0.29) is 5.48 Å². The molecule has 0 bridgehead atoms. The van der Waals surface area contributed by atoms with Crippen LogP contribution in [0.4, 0.5) is 0 Å². The molecule has 0 unspecified atom stereocenters. The summed E-state index contributed by atoms with van der Waals surface area (Å²) in [6.07, 6.45) is 0.993. The smallest absolute Gasteiger partial charge is 0.264 e. The number of hydrogen-bond donors (Lipinski definition) is 0. The average molecular weight is 128 g/mol. The molecule has 0 saturated carbocycles. The summed E-state index contributed by atoms with van der Waals surface area (Å²) in [6, 6.07) is 0. The third-order valence-electron chi connectivity index (χ3n) is 0.303. The first-order valence-corrected chi connectivity index (χ1v) is 3.13. The molecule has 7 heavy (non-hydrogen) atoms. The lowest BCUT2D eigenvalue weighted by molar-refractivity contribution is 0.403. The minimum atomic E-state index is -3.16. The van der Waals surface area contributed by atoms with Gasteiger partial charge in [-0.25, -0.2) is 0 Å². The maximum absolute atomic E-state index is 9.78. The third-order valence-corrected chi connectivity index (χ3v) is 0.908. The Balaban J connectivity index is 0. The monoisotopic (exact) mass is 128 g/mol. The molecule has 5 heteroatoms. The fourth-order valence-corrected chi connectivity index (χ4v) is 0. The molecular formula is C2H8O4S. The molecule has 0 radical (unpaired) electrons. The van der Waals surface area contributed by atoms with Crippen LogP contribution in [0.5, 0.6) is 0 Å². The third kappa shape index (κ3) is 10.7. The van der Waals surface area contributed by atoms with Gasteiger partial charge in [-0.1, -0.05) is 0 Å². The first-order chi connectivity index (χ1) is 2.56. The van der Waals surface area contributed by atoms with E-state index in [0.717, 1.165) is 13.4 Å². The van der Waals surface area contributed by atoms with Gasteiger partial charge in [0.2, 0.25) is 0 Å². The molecule has 0 aromatic carbocycles. The molecule has 0 heterocycles. The molecule has 0 aliphatic heterocycles. The summed E-state index contributed by atoms with van der Waals surface area (Å²) in [5, 5.41) is 0. The molecule has 4 nitrogen and oxygen atoms in total. The molecule has 2 N–H and O–H groups in total. The zero-order valence-corrected chi connectivity index (χ0v) is 4.95. The van der Waals surface area contributed by atoms with Gasteiger partial charge >= 0.3 is 0 Å². The van der Waals surface area contributed by atoms with Crippen molar-refractivity contribution in [2.75, 3.05) is 13.4 Å². The van der Waals surface area contributed by atoms with Gasteiger partial charge in [-0.3, -0.25) is 4.18 Å². The van der Waals surface area contributed by atoms with Crippen LogP contribution in [-0.4, -0.2) is 27.3 Å². The summed E-state index contributed by atoms with van der Waals surface area (Å²) in [4.78, 5) is 0. The summed E-state index contributed by atoms with van der Waals surface area (Å²) in [6.45, 7) is 0. The highest BCUT2D eigenvalue weighted by Gasteiger charge is 1.90. The van der Waals surface area contributed by atoms with Gasteiger partial charge in [0.1, 0.15) is 0 Å². The van der Waals surface area contributed by atoms with Gasteiger partial charge in [0.25, 0.3) is 10.1 Å². The fourth-order valence-electron chi connectivity index (χ4n) is 0. The van der Waals surface area contributed by atoms with Crippen LogP contribution in [-0.2, 0) is 14.3 Å². The van der Waals surface area contributed by atoms with Gasteiger partial charge in [-0.05, 0) is 0 Å². The van der Waals surface area contributed by atoms with Crippen LogP contribution in [0.2, 0.25) is 0 Å². The van der Waals surface area contributed by atoms with Crippen LogP contribution in [0.1, 0.15) is 0 Å². The molecule has 0 aromatic rings. The maximum Gasteiger partial charge on any atom is 0.264 e. The molecule has 0 spiro atoms. The van der Waals surface area contributed by atoms with Crippen molar-refractivity contribution in [1.29, 1.82) is 0 Å². The van der Waals surface area contributed by atoms with Gasteiger partial charge < -0.3 is 5.48 Å². The SMILES string of the molecule is COS(C)(=O)=O.O. The summed E-state index contributed by atoms with van der Waals surface area (Å²) in [5.41, 5.74) is 0. The fraction of sp³-hybridized carbons (Fsp3) is 1.00. The normalized spacial score (nSPS) is 10.0. The molecule has 0 atom stereocenters. The van der Waals surface area contributed by atoms with Crippen LogP contribution in [0.25, 0.3) is 0 Å². The van der Waals surface area contributed by atoms with Crippen LogP contribution in [0.3, 0.4) is 0 Å². The Morgan fingerprint density at radius 2 is 1.57 bits per heavy atom. The van der Waals surface area contributed by atoms with Gasteiger partial charge in [0.05, 0.1) is 13.4 Å². The highest BCUT2D eigenvalue weighted by molar-refractivity contribution is 7.85. The predicted molar refractivity (Wildman–Crippen MR) is 25.5 cm³/mol. The zero-order chi connectivity index (χ0) is 5.21. The lowest BCUT2D eigenvalue weighted by atomic mass is 11.8. The van der Waals surface area contributed by atoms with E-state index in [1.54, 1.807) is 0 Å². The van der Waals surface area contributed by atoms with Crippen LogP contribution in [0.15, 0.2) is 0 Å². The molecule has 0 fully saturated rings. The Morgan fingerprint density at radius 1 is 1.43 bits per heavy atom. The van der Waals surface area contributed by atoms with Crippen LogP contribution >= 0.6 is 0 Å². The van der Waals surface area contributed by atoms with Gasteiger partial charge in [-0.15, -0.1) is 0 Å². The second-order valence-electron chi connectivity index (χ2n) is 0.871. The van der Waals surface area contributed by atoms with E-state index in [9.17, 15) is 8.42 Å². The summed E-state index contributed by atoms with van der Waals surface area (Å²) in [5.74, 6) is 0. The Kier molecular flexibility index (Phi) is 4.21. The molecule has 0 aliphatic rings. The van der Waals surface area contributed by atoms with Gasteiger partial charge in [0, 0.05) is 0 Å². The molecule has 0 rings (SSSR count). The average Bonchev–Trinajstić information content (AvgIpc) is 1.35. The van der Waals surface area contributed by atoms with Crippen LogP contribution < -0.4 is 0 Å². The molecule has 0 aromatic heterocycles. The molecular weight excluding hydrogens is 120 g/mol. The van der Waals surface area contributed by atoms with Crippen molar-refractivity contribution in [3.8, 4) is 0 Å². The lowest BCUT2D eigenvalue weighted by Gasteiger charge is -1.84. The Hall–Kier alpha value is -0.130. The number of hydrogen-bond acceptors (Lipinski definition) is 3. The largest absolute Gasteiger partial charge is 0.412 e. The van der Waals surface area contributed by atoms with E-state index >= 15 is 0 Å². The molecule has 46 valence electrons. The molecule has 0 aliphatic carbocycles. The van der Waals surface area contributed by atoms with E-state index in [2.05, 4.69) is 4.18 Å². The van der Waals surface area contributed by atoms with Crippen molar-refractivity contribution < 1.29 is 18.1 Å². The summed E-state index contributed by atoms with van der Waals surface area (Å²) in [7, 11) is -2.04. The minimum absolute atomic E-state index is 0. The van der Waals surface area contributed by atoms with Crippen molar-refractivity contribution in [3.05, 3.63) is 0 Å². The Labute approximate surface area is 42.5 Å². The Morgan fingerprint density at radius 3 is 1.57 bits per heavy atom. The highest BCUT2D eigenvalue weighted by Crippen LogP contribution is 1.75. The van der Waals surface area contributed by atoms with Crippen molar-refractivity contribution in [1.82, 2.24) is 0 Å². The van der Waals surface area contributed by atoms with Crippen molar-refractivity contribution >= 4 is 10.1 Å². The first kappa shape index (κ1) is 9.98. The van der Waals surface area contributed by atoms with Crippen molar-refractivity contribution in [2.45, 2.75) is 0 Å². The summed E-state index contributed by atoms with van der Waals surface area (Å²) >= 11 is 0. The van der Waals surface area contributed by atoms with Crippen molar-refractivity contribution in [2.24, 2.45) is 0 Å². The lowest BCUT2D eigenvalue weighted by Crippen LogP contribution is -1.95. The van der Waals surface area contributed by atoms with E-state index in [1.807, 2.05) is 0 Å². The second-order valence-corrected chi connectivity index (χ2v) is 2.61. The maximum atomic E-state index is 9.78.